The van der Waals surface area contributed by atoms with Crippen molar-refractivity contribution in [2.75, 3.05) is 0 Å². The molecule has 0 atom stereocenters. The fraction of sp³-hybridized carbons (Fsp3) is 0.0417. The number of ketones is 1. The first-order valence-corrected chi connectivity index (χ1v) is 10.1. The van der Waals surface area contributed by atoms with Crippen LogP contribution in [0.15, 0.2) is 72.6 Å². The Hall–Kier alpha value is -3.21. The molecule has 4 nitrogen and oxygen atoms in total. The Morgan fingerprint density at radius 3 is 2.77 bits per heavy atom. The summed E-state index contributed by atoms with van der Waals surface area (Å²) in [5.74, 6) is 1.20. The number of allylic oxidation sites excluding steroid dienone is 1. The minimum absolute atomic E-state index is 0.150. The van der Waals surface area contributed by atoms with Gasteiger partial charge in [0.25, 0.3) is 0 Å². The average molecular weight is 436 g/mol. The number of H-pyrrole nitrogens is 1. The highest BCUT2D eigenvalue weighted by Crippen LogP contribution is 2.36. The lowest BCUT2D eigenvalue weighted by atomic mass is 10.1. The number of Topliss-reactive ketones (excluding diaryl/α,β-unsaturated/α-hetero) is 1. The lowest BCUT2D eigenvalue weighted by molar-refractivity contribution is 0.101. The van der Waals surface area contributed by atoms with Gasteiger partial charge >= 0.3 is 0 Å². The zero-order chi connectivity index (χ0) is 20.7. The Kier molecular flexibility index (Phi) is 4.74. The molecule has 6 heteroatoms. The van der Waals surface area contributed by atoms with Crippen molar-refractivity contribution in [3.63, 3.8) is 0 Å². The molecule has 5 rings (SSSR count). The Bertz CT molecular complexity index is 1320. The fourth-order valence-electron chi connectivity index (χ4n) is 3.41. The average Bonchev–Trinajstić information content (AvgIpc) is 3.29. The number of nitrogens with one attached hydrogen (secondary N) is 1. The quantitative estimate of drug-likeness (QED) is 0.364. The molecule has 4 aromatic rings. The van der Waals surface area contributed by atoms with Gasteiger partial charge in [-0.05, 0) is 36.4 Å². The molecule has 3 aromatic carbocycles. The molecular formula is C24H15Cl2NO3. The van der Waals surface area contributed by atoms with Crippen LogP contribution in [-0.4, -0.2) is 10.8 Å². The van der Waals surface area contributed by atoms with E-state index in [1.165, 1.54) is 0 Å². The normalized spacial score (nSPS) is 14.2. The summed E-state index contributed by atoms with van der Waals surface area (Å²) in [5.41, 5.74) is 3.23. The van der Waals surface area contributed by atoms with E-state index in [0.29, 0.717) is 27.1 Å². The Morgan fingerprint density at radius 1 is 1.03 bits per heavy atom. The van der Waals surface area contributed by atoms with E-state index < -0.39 is 0 Å². The van der Waals surface area contributed by atoms with Crippen LogP contribution in [0.25, 0.3) is 17.0 Å². The molecule has 1 aromatic heterocycles. The molecule has 0 bridgehead atoms. The number of carbonyl (C=O) groups excluding carboxylic acids is 1. The number of fused-ring (bicyclic) bond motifs is 2. The number of hydrogen-bond acceptors (Lipinski definition) is 3. The maximum Gasteiger partial charge on any atom is 0.231 e. The predicted molar refractivity (Wildman–Crippen MR) is 118 cm³/mol. The summed E-state index contributed by atoms with van der Waals surface area (Å²) in [5, 5.41) is 2.14. The zero-order valence-corrected chi connectivity index (χ0v) is 17.1. The summed E-state index contributed by atoms with van der Waals surface area (Å²) in [6.45, 7) is 0.279. The van der Waals surface area contributed by atoms with Crippen LogP contribution >= 0.6 is 23.2 Å². The van der Waals surface area contributed by atoms with E-state index in [4.69, 9.17) is 32.7 Å². The smallest absolute Gasteiger partial charge is 0.231 e. The summed E-state index contributed by atoms with van der Waals surface area (Å²) in [4.78, 5) is 15.9. The molecule has 30 heavy (non-hydrogen) atoms. The standard InChI is InChI=1S/C24H15Cl2NO3/c25-16-6-5-14(20(26)10-16)13-29-17-7-8-19-22(11-17)30-23(24(19)28)9-15-12-27-21-4-2-1-3-18(15)21/h1-12,27H,13H2. The van der Waals surface area contributed by atoms with Crippen LogP contribution in [0.5, 0.6) is 11.5 Å². The SMILES string of the molecule is O=C1C(=Cc2c[nH]c3ccccc23)Oc2cc(OCc3ccc(Cl)cc3Cl)ccc21. The van der Waals surface area contributed by atoms with Gasteiger partial charge in [-0.3, -0.25) is 4.79 Å². The van der Waals surface area contributed by atoms with Gasteiger partial charge in [0.1, 0.15) is 18.1 Å². The van der Waals surface area contributed by atoms with Gasteiger partial charge < -0.3 is 14.5 Å². The molecule has 148 valence electrons. The molecule has 0 aliphatic carbocycles. The number of para-hydroxylation sites is 1. The van der Waals surface area contributed by atoms with Gasteiger partial charge in [0.05, 0.1) is 5.56 Å². The van der Waals surface area contributed by atoms with Crippen molar-refractivity contribution >= 4 is 46.0 Å². The highest BCUT2D eigenvalue weighted by Gasteiger charge is 2.28. The van der Waals surface area contributed by atoms with Crippen LogP contribution in [0.4, 0.5) is 0 Å². The number of hydrogen-bond donors (Lipinski definition) is 1. The van der Waals surface area contributed by atoms with Crippen molar-refractivity contribution in [1.82, 2.24) is 4.98 Å². The van der Waals surface area contributed by atoms with Crippen molar-refractivity contribution < 1.29 is 14.3 Å². The van der Waals surface area contributed by atoms with E-state index in [0.717, 1.165) is 22.0 Å². The maximum absolute atomic E-state index is 12.8. The fourth-order valence-corrected chi connectivity index (χ4v) is 3.87. The number of ether oxygens (including phenoxy) is 2. The molecule has 0 saturated carbocycles. The molecule has 0 spiro atoms. The van der Waals surface area contributed by atoms with Crippen LogP contribution in [0.2, 0.25) is 10.0 Å². The number of benzene rings is 3. The third-order valence-electron chi connectivity index (χ3n) is 4.96. The molecule has 1 aliphatic rings. The molecule has 0 fully saturated rings. The first kappa shape index (κ1) is 18.8. The van der Waals surface area contributed by atoms with Crippen molar-refractivity contribution in [2.45, 2.75) is 6.61 Å². The second-order valence-corrected chi connectivity index (χ2v) is 7.76. The number of aromatic nitrogens is 1. The number of carbonyl (C=O) groups is 1. The van der Waals surface area contributed by atoms with Gasteiger partial charge in [-0.15, -0.1) is 0 Å². The molecule has 1 N–H and O–H groups in total. The van der Waals surface area contributed by atoms with Crippen molar-refractivity contribution in [2.24, 2.45) is 0 Å². The van der Waals surface area contributed by atoms with Crippen molar-refractivity contribution in [1.29, 1.82) is 0 Å². The van der Waals surface area contributed by atoms with E-state index in [1.807, 2.05) is 36.5 Å². The molecule has 0 amide bonds. The monoisotopic (exact) mass is 435 g/mol. The predicted octanol–water partition coefficient (Wildman–Crippen LogP) is 6.67. The van der Waals surface area contributed by atoms with Gasteiger partial charge in [0.15, 0.2) is 5.76 Å². The summed E-state index contributed by atoms with van der Waals surface area (Å²) in [7, 11) is 0. The lowest BCUT2D eigenvalue weighted by Crippen LogP contribution is -1.98. The maximum atomic E-state index is 12.8. The first-order valence-electron chi connectivity index (χ1n) is 9.29. The van der Waals surface area contributed by atoms with Gasteiger partial charge in [0, 0.05) is 44.3 Å². The summed E-state index contributed by atoms with van der Waals surface area (Å²) < 4.78 is 11.7. The van der Waals surface area contributed by atoms with E-state index in [1.54, 1.807) is 36.4 Å². The second-order valence-electron chi connectivity index (χ2n) is 6.91. The summed E-state index contributed by atoms with van der Waals surface area (Å²) >= 11 is 12.1. The van der Waals surface area contributed by atoms with Crippen molar-refractivity contribution in [3.05, 3.63) is 99.4 Å². The number of aromatic amines is 1. The zero-order valence-electron chi connectivity index (χ0n) is 15.6. The van der Waals surface area contributed by atoms with E-state index in [9.17, 15) is 4.79 Å². The largest absolute Gasteiger partial charge is 0.489 e. The van der Waals surface area contributed by atoms with Gasteiger partial charge in [-0.25, -0.2) is 0 Å². The second kappa shape index (κ2) is 7.56. The van der Waals surface area contributed by atoms with Crippen molar-refractivity contribution in [3.8, 4) is 11.5 Å². The van der Waals surface area contributed by atoms with E-state index in [-0.39, 0.29) is 18.1 Å². The van der Waals surface area contributed by atoms with E-state index >= 15 is 0 Å². The number of halogens is 2. The Morgan fingerprint density at radius 2 is 1.90 bits per heavy atom. The van der Waals surface area contributed by atoms with E-state index in [2.05, 4.69) is 4.98 Å². The third-order valence-corrected chi connectivity index (χ3v) is 5.55. The Balaban J connectivity index is 1.37. The van der Waals surface area contributed by atoms with Crippen LogP contribution < -0.4 is 9.47 Å². The minimum atomic E-state index is -0.150. The first-order chi connectivity index (χ1) is 14.6. The van der Waals surface area contributed by atoms with Gasteiger partial charge in [0.2, 0.25) is 5.78 Å². The summed E-state index contributed by atoms with van der Waals surface area (Å²) in [6.07, 6.45) is 3.62. The molecule has 1 aliphatic heterocycles. The molecular weight excluding hydrogens is 421 g/mol. The molecule has 0 unspecified atom stereocenters. The molecule has 0 saturated heterocycles. The minimum Gasteiger partial charge on any atom is -0.489 e. The topological polar surface area (TPSA) is 51.3 Å². The van der Waals surface area contributed by atoms with Crippen LogP contribution in [0.3, 0.4) is 0 Å². The Labute approximate surface area is 182 Å². The lowest BCUT2D eigenvalue weighted by Gasteiger charge is -2.09. The summed E-state index contributed by atoms with van der Waals surface area (Å²) in [6, 6.07) is 18.3. The van der Waals surface area contributed by atoms with Crippen LogP contribution in [0.1, 0.15) is 21.5 Å². The van der Waals surface area contributed by atoms with Crippen LogP contribution in [0, 0.1) is 0 Å². The highest BCUT2D eigenvalue weighted by molar-refractivity contribution is 6.35. The highest BCUT2D eigenvalue weighted by atomic mass is 35.5. The van der Waals surface area contributed by atoms with Gasteiger partial charge in [-0.2, -0.15) is 0 Å². The molecule has 0 radical (unpaired) electrons. The third kappa shape index (κ3) is 3.45. The van der Waals surface area contributed by atoms with Crippen LogP contribution in [-0.2, 0) is 6.61 Å². The number of rotatable bonds is 4. The molecule has 2 heterocycles. The van der Waals surface area contributed by atoms with Gasteiger partial charge in [-0.1, -0.05) is 47.5 Å².